The van der Waals surface area contributed by atoms with Gasteiger partial charge in [-0.15, -0.1) is 0 Å². The molecule has 108 valence electrons. The van der Waals surface area contributed by atoms with Gasteiger partial charge in [-0.05, 0) is 45.8 Å². The van der Waals surface area contributed by atoms with Gasteiger partial charge in [0.1, 0.15) is 0 Å². The van der Waals surface area contributed by atoms with Gasteiger partial charge >= 0.3 is 0 Å². The Morgan fingerprint density at radius 1 is 1.22 bits per heavy atom. The molecule has 1 saturated carbocycles. The molecule has 0 aromatic rings. The van der Waals surface area contributed by atoms with E-state index in [0.29, 0.717) is 0 Å². The van der Waals surface area contributed by atoms with Gasteiger partial charge in [-0.1, -0.05) is 26.7 Å². The highest BCUT2D eigenvalue weighted by molar-refractivity contribution is 8.00. The summed E-state index contributed by atoms with van der Waals surface area (Å²) in [7, 11) is 4.34. The second kappa shape index (κ2) is 9.22. The molecule has 1 aliphatic carbocycles. The molecule has 18 heavy (non-hydrogen) atoms. The quantitative estimate of drug-likeness (QED) is 0.730. The minimum atomic E-state index is 0.760. The molecule has 1 rings (SSSR count). The Bertz CT molecular complexity index is 209. The Hall–Kier alpha value is 0.270. The van der Waals surface area contributed by atoms with Crippen molar-refractivity contribution in [2.24, 2.45) is 5.92 Å². The van der Waals surface area contributed by atoms with Gasteiger partial charge < -0.3 is 10.2 Å². The van der Waals surface area contributed by atoms with Gasteiger partial charge in [-0.2, -0.15) is 11.8 Å². The number of hydrogen-bond donors (Lipinski definition) is 1. The molecule has 0 heterocycles. The summed E-state index contributed by atoms with van der Waals surface area (Å²) in [6, 6.07) is 0.760. The minimum absolute atomic E-state index is 0.760. The third kappa shape index (κ3) is 5.94. The third-order valence-corrected chi connectivity index (χ3v) is 5.30. The second-order valence-electron chi connectivity index (χ2n) is 5.84. The van der Waals surface area contributed by atoms with E-state index in [9.17, 15) is 0 Å². The van der Waals surface area contributed by atoms with Crippen LogP contribution in [0.15, 0.2) is 0 Å². The molecule has 3 heteroatoms. The summed E-state index contributed by atoms with van der Waals surface area (Å²) in [5, 5.41) is 4.54. The SMILES string of the molecule is CCCC1CCC(NCC)C(SCCN(C)C)C1. The van der Waals surface area contributed by atoms with E-state index in [2.05, 4.69) is 49.9 Å². The van der Waals surface area contributed by atoms with Crippen molar-refractivity contribution in [1.82, 2.24) is 10.2 Å². The van der Waals surface area contributed by atoms with Crippen LogP contribution in [0.3, 0.4) is 0 Å². The van der Waals surface area contributed by atoms with Gasteiger partial charge in [0.05, 0.1) is 0 Å². The van der Waals surface area contributed by atoms with Gasteiger partial charge in [0.15, 0.2) is 0 Å². The van der Waals surface area contributed by atoms with Crippen molar-refractivity contribution in [3.05, 3.63) is 0 Å². The topological polar surface area (TPSA) is 15.3 Å². The van der Waals surface area contributed by atoms with Crippen LogP contribution in [-0.2, 0) is 0 Å². The first-order valence-corrected chi connectivity index (χ1v) is 8.71. The van der Waals surface area contributed by atoms with Crippen LogP contribution < -0.4 is 5.32 Å². The maximum Gasteiger partial charge on any atom is 0.0204 e. The molecule has 0 aromatic carbocycles. The fraction of sp³-hybridized carbons (Fsp3) is 1.00. The van der Waals surface area contributed by atoms with Crippen LogP contribution in [0.1, 0.15) is 46.0 Å². The summed E-state index contributed by atoms with van der Waals surface area (Å²) in [6.07, 6.45) is 7.05. The monoisotopic (exact) mass is 272 g/mol. The molecule has 0 aliphatic heterocycles. The van der Waals surface area contributed by atoms with E-state index in [1.54, 1.807) is 0 Å². The van der Waals surface area contributed by atoms with Crippen molar-refractivity contribution in [3.8, 4) is 0 Å². The second-order valence-corrected chi connectivity index (χ2v) is 7.19. The van der Waals surface area contributed by atoms with E-state index in [0.717, 1.165) is 23.8 Å². The summed E-state index contributed by atoms with van der Waals surface area (Å²) in [5.41, 5.74) is 0. The number of hydrogen-bond acceptors (Lipinski definition) is 3. The van der Waals surface area contributed by atoms with Gasteiger partial charge in [0.25, 0.3) is 0 Å². The maximum atomic E-state index is 3.70. The van der Waals surface area contributed by atoms with Crippen LogP contribution >= 0.6 is 11.8 Å². The molecule has 1 N–H and O–H groups in total. The fourth-order valence-electron chi connectivity index (χ4n) is 2.95. The highest BCUT2D eigenvalue weighted by Crippen LogP contribution is 2.34. The molecule has 0 aromatic heterocycles. The van der Waals surface area contributed by atoms with Gasteiger partial charge in [-0.3, -0.25) is 0 Å². The summed E-state index contributed by atoms with van der Waals surface area (Å²) in [4.78, 5) is 2.29. The highest BCUT2D eigenvalue weighted by atomic mass is 32.2. The van der Waals surface area contributed by atoms with Crippen LogP contribution in [0.5, 0.6) is 0 Å². The first-order valence-electron chi connectivity index (χ1n) is 7.67. The molecular formula is C15H32N2S. The zero-order valence-electron chi connectivity index (χ0n) is 12.7. The van der Waals surface area contributed by atoms with Crippen molar-refractivity contribution < 1.29 is 0 Å². The van der Waals surface area contributed by atoms with Crippen molar-refractivity contribution in [2.45, 2.75) is 57.2 Å². The summed E-state index contributed by atoms with van der Waals surface area (Å²) in [5.74, 6) is 2.26. The standard InChI is InChI=1S/C15H32N2S/c1-5-7-13-8-9-14(16-6-2)15(12-13)18-11-10-17(3)4/h13-16H,5-12H2,1-4H3. The van der Waals surface area contributed by atoms with E-state index in [1.165, 1.54) is 44.4 Å². The lowest BCUT2D eigenvalue weighted by Gasteiger charge is -2.36. The lowest BCUT2D eigenvalue weighted by Crippen LogP contribution is -2.43. The summed E-state index contributed by atoms with van der Waals surface area (Å²) in [6.45, 7) is 6.89. The Morgan fingerprint density at radius 2 is 2.00 bits per heavy atom. The smallest absolute Gasteiger partial charge is 0.0204 e. The van der Waals surface area contributed by atoms with Crippen molar-refractivity contribution in [3.63, 3.8) is 0 Å². The highest BCUT2D eigenvalue weighted by Gasteiger charge is 2.29. The molecule has 0 bridgehead atoms. The average molecular weight is 273 g/mol. The predicted molar refractivity (Wildman–Crippen MR) is 84.5 cm³/mol. The van der Waals surface area contributed by atoms with Gasteiger partial charge in [-0.25, -0.2) is 0 Å². The van der Waals surface area contributed by atoms with E-state index in [4.69, 9.17) is 0 Å². The van der Waals surface area contributed by atoms with Gasteiger partial charge in [0.2, 0.25) is 0 Å². The lowest BCUT2D eigenvalue weighted by molar-refractivity contribution is 0.289. The fourth-order valence-corrected chi connectivity index (χ4v) is 4.59. The molecule has 0 amide bonds. The van der Waals surface area contributed by atoms with Crippen LogP contribution in [-0.4, -0.2) is 49.1 Å². The van der Waals surface area contributed by atoms with Crippen molar-refractivity contribution in [1.29, 1.82) is 0 Å². The zero-order valence-corrected chi connectivity index (χ0v) is 13.6. The normalized spacial score (nSPS) is 28.8. The Kier molecular flexibility index (Phi) is 8.36. The largest absolute Gasteiger partial charge is 0.313 e. The molecule has 3 unspecified atom stereocenters. The Balaban J connectivity index is 2.38. The van der Waals surface area contributed by atoms with E-state index in [-0.39, 0.29) is 0 Å². The van der Waals surface area contributed by atoms with Crippen molar-refractivity contribution >= 4 is 11.8 Å². The number of thioether (sulfide) groups is 1. The molecule has 0 saturated heterocycles. The van der Waals surface area contributed by atoms with Crippen LogP contribution in [0.25, 0.3) is 0 Å². The van der Waals surface area contributed by atoms with Crippen LogP contribution in [0.4, 0.5) is 0 Å². The predicted octanol–water partition coefficient (Wildman–Crippen LogP) is 3.23. The van der Waals surface area contributed by atoms with E-state index in [1.807, 2.05) is 0 Å². The van der Waals surface area contributed by atoms with E-state index >= 15 is 0 Å². The molecule has 1 fully saturated rings. The number of rotatable bonds is 8. The van der Waals surface area contributed by atoms with Crippen LogP contribution in [0.2, 0.25) is 0 Å². The Morgan fingerprint density at radius 3 is 2.61 bits per heavy atom. The molecule has 0 radical (unpaired) electrons. The zero-order chi connectivity index (χ0) is 13.4. The first kappa shape index (κ1) is 16.3. The summed E-state index contributed by atoms with van der Waals surface area (Å²) >= 11 is 2.20. The average Bonchev–Trinajstić information content (AvgIpc) is 2.32. The number of nitrogens with one attached hydrogen (secondary N) is 1. The maximum absolute atomic E-state index is 3.70. The molecular weight excluding hydrogens is 240 g/mol. The van der Waals surface area contributed by atoms with Gasteiger partial charge in [0, 0.05) is 23.6 Å². The Labute approximate surface area is 118 Å². The minimum Gasteiger partial charge on any atom is -0.313 e. The first-order chi connectivity index (χ1) is 8.67. The van der Waals surface area contributed by atoms with Crippen molar-refractivity contribution in [2.75, 3.05) is 32.9 Å². The molecule has 1 aliphatic rings. The molecule has 2 nitrogen and oxygen atoms in total. The third-order valence-electron chi connectivity index (χ3n) is 3.93. The van der Waals surface area contributed by atoms with E-state index < -0.39 is 0 Å². The number of nitrogens with zero attached hydrogens (tertiary/aromatic N) is 1. The lowest BCUT2D eigenvalue weighted by atomic mass is 9.83. The molecule has 0 spiro atoms. The molecule has 3 atom stereocenters. The summed E-state index contributed by atoms with van der Waals surface area (Å²) < 4.78 is 0. The van der Waals surface area contributed by atoms with Crippen LogP contribution in [0, 0.1) is 5.92 Å².